The summed E-state index contributed by atoms with van der Waals surface area (Å²) < 4.78 is 0. The van der Waals surface area contributed by atoms with Crippen molar-refractivity contribution in [2.45, 2.75) is 19.9 Å². The molecule has 2 aromatic carbocycles. The third-order valence-electron chi connectivity index (χ3n) is 4.74. The van der Waals surface area contributed by atoms with Crippen LogP contribution in [0.15, 0.2) is 54.7 Å². The number of hydrogen-bond acceptors (Lipinski definition) is 5. The van der Waals surface area contributed by atoms with Crippen LogP contribution in [0.4, 0.5) is 17.3 Å². The van der Waals surface area contributed by atoms with Crippen LogP contribution in [0.1, 0.15) is 27.2 Å². The van der Waals surface area contributed by atoms with Gasteiger partial charge in [-0.2, -0.15) is 0 Å². The Morgan fingerprint density at radius 3 is 2.81 bits per heavy atom. The van der Waals surface area contributed by atoms with E-state index >= 15 is 0 Å². The average molecular weight is 359 g/mol. The number of carbonyl (C=O) groups excluding carboxylic acids is 1. The van der Waals surface area contributed by atoms with Crippen LogP contribution in [0.5, 0.6) is 0 Å². The number of nitrogens with zero attached hydrogens (tertiary/aromatic N) is 3. The maximum atomic E-state index is 12.6. The molecule has 1 aliphatic rings. The molecule has 1 amide bonds. The summed E-state index contributed by atoms with van der Waals surface area (Å²) >= 11 is 0. The summed E-state index contributed by atoms with van der Waals surface area (Å²) in [5.74, 6) is 0.200. The normalized spacial score (nSPS) is 13.1. The molecular formula is C21H21N5O. The van der Waals surface area contributed by atoms with Gasteiger partial charge in [0, 0.05) is 48.2 Å². The number of nitrogens with one attached hydrogen (secondary N) is 1. The molecule has 0 atom stereocenters. The van der Waals surface area contributed by atoms with Gasteiger partial charge in [0.2, 0.25) is 5.95 Å². The number of anilines is 3. The number of hydrogen-bond donors (Lipinski definition) is 2. The Balaban J connectivity index is 1.51. The van der Waals surface area contributed by atoms with E-state index in [-0.39, 0.29) is 5.91 Å². The maximum Gasteiger partial charge on any atom is 0.255 e. The Morgan fingerprint density at radius 1 is 1.19 bits per heavy atom. The van der Waals surface area contributed by atoms with Gasteiger partial charge in [-0.3, -0.25) is 4.79 Å². The Kier molecular flexibility index (Phi) is 4.46. The van der Waals surface area contributed by atoms with Gasteiger partial charge in [-0.15, -0.1) is 0 Å². The van der Waals surface area contributed by atoms with E-state index in [1.807, 2.05) is 55.5 Å². The van der Waals surface area contributed by atoms with Gasteiger partial charge in [-0.1, -0.05) is 23.8 Å². The van der Waals surface area contributed by atoms with Crippen LogP contribution in [0.3, 0.4) is 0 Å². The van der Waals surface area contributed by atoms with E-state index < -0.39 is 0 Å². The molecule has 0 aliphatic carbocycles. The molecule has 0 saturated carbocycles. The molecule has 0 radical (unpaired) electrons. The Bertz CT molecular complexity index is 984. The minimum Gasteiger partial charge on any atom is -0.368 e. The van der Waals surface area contributed by atoms with Crippen molar-refractivity contribution in [1.29, 1.82) is 0 Å². The first kappa shape index (κ1) is 17.0. The summed E-state index contributed by atoms with van der Waals surface area (Å²) in [5, 5.41) is 2.95. The Morgan fingerprint density at radius 2 is 2.00 bits per heavy atom. The summed E-state index contributed by atoms with van der Waals surface area (Å²) in [6, 6.07) is 15.5. The van der Waals surface area contributed by atoms with Crippen LogP contribution in [0, 0.1) is 6.92 Å². The van der Waals surface area contributed by atoms with Gasteiger partial charge in [-0.05, 0) is 37.3 Å². The first-order valence-electron chi connectivity index (χ1n) is 8.92. The first-order valence-corrected chi connectivity index (χ1v) is 8.92. The van der Waals surface area contributed by atoms with Crippen molar-refractivity contribution in [3.8, 4) is 0 Å². The van der Waals surface area contributed by atoms with Crippen molar-refractivity contribution >= 4 is 23.2 Å². The number of aryl methyl sites for hydroxylation is 1. The van der Waals surface area contributed by atoms with E-state index in [2.05, 4.69) is 20.2 Å². The molecule has 4 rings (SSSR count). The smallest absolute Gasteiger partial charge is 0.255 e. The van der Waals surface area contributed by atoms with Crippen LogP contribution < -0.4 is 16.0 Å². The van der Waals surface area contributed by atoms with Crippen molar-refractivity contribution < 1.29 is 4.79 Å². The second-order valence-electron chi connectivity index (χ2n) is 6.74. The number of benzene rings is 2. The highest BCUT2D eigenvalue weighted by Crippen LogP contribution is 2.24. The molecule has 1 aliphatic heterocycles. The van der Waals surface area contributed by atoms with Gasteiger partial charge >= 0.3 is 0 Å². The molecule has 27 heavy (non-hydrogen) atoms. The average Bonchev–Trinajstić information content (AvgIpc) is 2.69. The van der Waals surface area contributed by atoms with Crippen LogP contribution in [0.2, 0.25) is 0 Å². The highest BCUT2D eigenvalue weighted by molar-refractivity contribution is 6.04. The molecule has 3 N–H and O–H groups in total. The lowest BCUT2D eigenvalue weighted by molar-refractivity contribution is 0.102. The van der Waals surface area contributed by atoms with Gasteiger partial charge in [0.1, 0.15) is 0 Å². The SMILES string of the molecule is Cc1ccc(NC(=O)c2cccc(N3CCc4nc(N)ncc4C3)c2)cc1. The fraction of sp³-hybridized carbons (Fsp3) is 0.190. The summed E-state index contributed by atoms with van der Waals surface area (Å²) in [6.45, 7) is 3.55. The summed E-state index contributed by atoms with van der Waals surface area (Å²) in [4.78, 5) is 23.2. The van der Waals surface area contributed by atoms with Crippen molar-refractivity contribution in [3.05, 3.63) is 77.1 Å². The molecule has 0 saturated heterocycles. The zero-order valence-corrected chi connectivity index (χ0v) is 15.1. The zero-order chi connectivity index (χ0) is 18.8. The molecule has 0 spiro atoms. The molecule has 6 nitrogen and oxygen atoms in total. The molecule has 0 fully saturated rings. The van der Waals surface area contributed by atoms with E-state index in [1.165, 1.54) is 0 Å². The van der Waals surface area contributed by atoms with E-state index in [4.69, 9.17) is 5.73 Å². The lowest BCUT2D eigenvalue weighted by Gasteiger charge is -2.30. The minimum absolute atomic E-state index is 0.116. The Labute approximate surface area is 158 Å². The monoisotopic (exact) mass is 359 g/mol. The molecule has 6 heteroatoms. The van der Waals surface area contributed by atoms with Crippen molar-refractivity contribution in [3.63, 3.8) is 0 Å². The second-order valence-corrected chi connectivity index (χ2v) is 6.74. The fourth-order valence-electron chi connectivity index (χ4n) is 3.24. The van der Waals surface area contributed by atoms with Gasteiger partial charge in [0.05, 0.1) is 5.69 Å². The van der Waals surface area contributed by atoms with Crippen molar-refractivity contribution in [2.24, 2.45) is 0 Å². The summed E-state index contributed by atoms with van der Waals surface area (Å²) in [7, 11) is 0. The van der Waals surface area contributed by atoms with E-state index in [1.54, 1.807) is 6.20 Å². The predicted octanol–water partition coefficient (Wildman–Crippen LogP) is 3.18. The van der Waals surface area contributed by atoms with Gasteiger partial charge in [0.25, 0.3) is 5.91 Å². The molecular weight excluding hydrogens is 338 g/mol. The Hall–Kier alpha value is -3.41. The topological polar surface area (TPSA) is 84.1 Å². The zero-order valence-electron chi connectivity index (χ0n) is 15.1. The van der Waals surface area contributed by atoms with Crippen LogP contribution in [0.25, 0.3) is 0 Å². The minimum atomic E-state index is -0.116. The molecule has 0 unspecified atom stereocenters. The van der Waals surface area contributed by atoms with E-state index in [0.717, 1.165) is 41.2 Å². The standard InChI is InChI=1S/C21H21N5O/c1-14-5-7-17(8-6-14)24-20(27)15-3-2-4-18(11-15)26-10-9-19-16(13-26)12-23-21(22)25-19/h2-8,11-12H,9-10,13H2,1H3,(H,24,27)(H2,22,23,25). The number of nitrogen functional groups attached to an aromatic ring is 1. The van der Waals surface area contributed by atoms with Crippen LogP contribution in [-0.2, 0) is 13.0 Å². The van der Waals surface area contributed by atoms with Gasteiger partial charge in [0.15, 0.2) is 0 Å². The number of carbonyl (C=O) groups is 1. The lowest BCUT2D eigenvalue weighted by Crippen LogP contribution is -2.31. The number of amides is 1. The largest absolute Gasteiger partial charge is 0.368 e. The predicted molar refractivity (Wildman–Crippen MR) is 107 cm³/mol. The quantitative estimate of drug-likeness (QED) is 0.750. The maximum absolute atomic E-state index is 12.6. The van der Waals surface area contributed by atoms with E-state index in [9.17, 15) is 4.79 Å². The van der Waals surface area contributed by atoms with Crippen LogP contribution >= 0.6 is 0 Å². The molecule has 1 aromatic heterocycles. The van der Waals surface area contributed by atoms with Crippen LogP contribution in [-0.4, -0.2) is 22.4 Å². The highest BCUT2D eigenvalue weighted by atomic mass is 16.1. The molecule has 0 bridgehead atoms. The number of nitrogens with two attached hydrogens (primary N) is 1. The summed E-state index contributed by atoms with van der Waals surface area (Å²) in [5.41, 5.74) is 11.3. The lowest BCUT2D eigenvalue weighted by atomic mass is 10.1. The highest BCUT2D eigenvalue weighted by Gasteiger charge is 2.19. The summed E-state index contributed by atoms with van der Waals surface area (Å²) in [6.07, 6.45) is 2.60. The fourth-order valence-corrected chi connectivity index (χ4v) is 3.24. The third kappa shape index (κ3) is 3.74. The van der Waals surface area contributed by atoms with Crippen molar-refractivity contribution in [2.75, 3.05) is 22.5 Å². The van der Waals surface area contributed by atoms with E-state index in [0.29, 0.717) is 18.1 Å². The number of rotatable bonds is 3. The number of fused-ring (bicyclic) bond motifs is 1. The molecule has 2 heterocycles. The third-order valence-corrected chi connectivity index (χ3v) is 4.74. The molecule has 3 aromatic rings. The number of aromatic nitrogens is 2. The van der Waals surface area contributed by atoms with Gasteiger partial charge < -0.3 is 16.0 Å². The van der Waals surface area contributed by atoms with Gasteiger partial charge in [-0.25, -0.2) is 9.97 Å². The molecule has 136 valence electrons. The second kappa shape index (κ2) is 7.07. The first-order chi connectivity index (χ1) is 13.1. The van der Waals surface area contributed by atoms with Crippen molar-refractivity contribution in [1.82, 2.24) is 9.97 Å².